The Bertz CT molecular complexity index is 1430. The first-order valence-corrected chi connectivity index (χ1v) is 12.9. The molecule has 2 aliphatic rings. The number of anilines is 1. The zero-order valence-electron chi connectivity index (χ0n) is 21.8. The predicted molar refractivity (Wildman–Crippen MR) is 148 cm³/mol. The number of hydrogen-bond donors (Lipinski definition) is 1. The van der Waals surface area contributed by atoms with Crippen molar-refractivity contribution in [1.29, 1.82) is 0 Å². The van der Waals surface area contributed by atoms with E-state index < -0.39 is 0 Å². The van der Waals surface area contributed by atoms with Gasteiger partial charge >= 0.3 is 0 Å². The van der Waals surface area contributed by atoms with Crippen molar-refractivity contribution in [1.82, 2.24) is 24.3 Å². The summed E-state index contributed by atoms with van der Waals surface area (Å²) in [6.45, 7) is 6.97. The number of carbonyl (C=O) groups is 1. The molecule has 9 nitrogen and oxygen atoms in total. The monoisotopic (exact) mass is 534 g/mol. The van der Waals surface area contributed by atoms with Crippen molar-refractivity contribution in [2.24, 2.45) is 13.0 Å². The van der Waals surface area contributed by atoms with Gasteiger partial charge in [-0.1, -0.05) is 24.1 Å². The maximum absolute atomic E-state index is 11.9. The lowest BCUT2D eigenvalue weighted by Gasteiger charge is -2.45. The maximum Gasteiger partial charge on any atom is 0.245 e. The van der Waals surface area contributed by atoms with E-state index in [0.29, 0.717) is 34.0 Å². The number of amides is 1. The molecule has 0 spiro atoms. The minimum atomic E-state index is 0.0165. The topological polar surface area (TPSA) is 98.7 Å². The van der Waals surface area contributed by atoms with Crippen LogP contribution < -0.4 is 15.2 Å². The SMILES string of the molecule is C=CC(=O)N1CCC(N2CC(C#Cc3c(-c4cc(OC)c(Cl)c(OC)c4)c4c(N)ncnc4n3C)C2)CC1. The van der Waals surface area contributed by atoms with E-state index in [0.717, 1.165) is 61.2 Å². The van der Waals surface area contributed by atoms with Crippen molar-refractivity contribution in [2.75, 3.05) is 46.1 Å². The summed E-state index contributed by atoms with van der Waals surface area (Å²) in [6, 6.07) is 4.19. The fraction of sp³-hybridized carbons (Fsp3) is 0.393. The van der Waals surface area contributed by atoms with Gasteiger partial charge < -0.3 is 24.7 Å². The number of piperidine rings is 1. The number of ether oxygens (including phenoxy) is 2. The van der Waals surface area contributed by atoms with Gasteiger partial charge in [0.1, 0.15) is 40.0 Å². The summed E-state index contributed by atoms with van der Waals surface area (Å²) in [7, 11) is 5.06. The summed E-state index contributed by atoms with van der Waals surface area (Å²) < 4.78 is 13.0. The van der Waals surface area contributed by atoms with E-state index in [9.17, 15) is 4.79 Å². The van der Waals surface area contributed by atoms with Gasteiger partial charge in [-0.2, -0.15) is 0 Å². The van der Waals surface area contributed by atoms with E-state index in [4.69, 9.17) is 26.8 Å². The summed E-state index contributed by atoms with van der Waals surface area (Å²) in [5, 5.41) is 1.12. The first-order valence-electron chi connectivity index (χ1n) is 12.5. The number of halogens is 1. The average Bonchev–Trinajstić information content (AvgIpc) is 3.20. The lowest BCUT2D eigenvalue weighted by Crippen LogP contribution is -2.55. The zero-order valence-corrected chi connectivity index (χ0v) is 22.6. The molecule has 38 heavy (non-hydrogen) atoms. The highest BCUT2D eigenvalue weighted by Crippen LogP contribution is 2.43. The van der Waals surface area contributed by atoms with Gasteiger partial charge in [-0.15, -0.1) is 0 Å². The Morgan fingerprint density at radius 3 is 2.45 bits per heavy atom. The van der Waals surface area contributed by atoms with Gasteiger partial charge in [-0.05, 0) is 42.5 Å². The number of methoxy groups -OCH3 is 2. The van der Waals surface area contributed by atoms with Crippen molar-refractivity contribution in [3.05, 3.63) is 41.8 Å². The maximum atomic E-state index is 11.9. The van der Waals surface area contributed by atoms with Gasteiger partial charge in [0.15, 0.2) is 0 Å². The van der Waals surface area contributed by atoms with Gasteiger partial charge in [0.05, 0.1) is 19.6 Å². The summed E-state index contributed by atoms with van der Waals surface area (Å²) in [5.41, 5.74) is 9.44. The summed E-state index contributed by atoms with van der Waals surface area (Å²) in [5.74, 6) is 8.52. The lowest BCUT2D eigenvalue weighted by molar-refractivity contribution is -0.127. The molecule has 5 rings (SSSR count). The van der Waals surface area contributed by atoms with Gasteiger partial charge in [0.25, 0.3) is 0 Å². The van der Waals surface area contributed by atoms with Crippen molar-refractivity contribution >= 4 is 34.4 Å². The highest BCUT2D eigenvalue weighted by Gasteiger charge is 2.34. The Labute approximate surface area is 227 Å². The molecule has 4 heterocycles. The minimum absolute atomic E-state index is 0.0165. The summed E-state index contributed by atoms with van der Waals surface area (Å²) >= 11 is 6.44. The van der Waals surface area contributed by atoms with Gasteiger partial charge in [0.2, 0.25) is 5.91 Å². The molecule has 2 saturated heterocycles. The lowest BCUT2D eigenvalue weighted by atomic mass is 9.93. The number of benzene rings is 1. The largest absolute Gasteiger partial charge is 0.495 e. The second kappa shape index (κ2) is 10.6. The van der Waals surface area contributed by atoms with Gasteiger partial charge in [0, 0.05) is 50.7 Å². The van der Waals surface area contributed by atoms with Gasteiger partial charge in [-0.3, -0.25) is 9.69 Å². The number of likely N-dealkylation sites (tertiary alicyclic amines) is 2. The molecule has 2 aromatic heterocycles. The molecule has 1 amide bonds. The second-order valence-corrected chi connectivity index (χ2v) is 9.99. The summed E-state index contributed by atoms with van der Waals surface area (Å²) in [4.78, 5) is 24.9. The quantitative estimate of drug-likeness (QED) is 0.396. The molecule has 0 atom stereocenters. The van der Waals surface area contributed by atoms with Crippen LogP contribution >= 0.6 is 11.6 Å². The molecule has 0 unspecified atom stereocenters. The number of hydrogen-bond acceptors (Lipinski definition) is 7. The van der Waals surface area contributed by atoms with E-state index in [2.05, 4.69) is 33.3 Å². The molecule has 2 aliphatic heterocycles. The zero-order chi connectivity index (χ0) is 27.0. The number of aryl methyl sites for hydroxylation is 1. The molecule has 0 bridgehead atoms. The standard InChI is InChI=1S/C28H31ClN6O3/c1-5-23(36)34-10-8-19(9-11-34)35-14-17(15-35)6-7-20-24(25-27(30)31-16-32-28(25)33(20)2)18-12-21(37-3)26(29)22(13-18)38-4/h5,12-13,16-17,19H,1,8-11,14-15H2,2-4H3,(H2,30,31,32). The van der Waals surface area contributed by atoms with Gasteiger partial charge in [-0.25, -0.2) is 9.97 Å². The fourth-order valence-electron chi connectivity index (χ4n) is 5.37. The van der Waals surface area contributed by atoms with Crippen molar-refractivity contribution in [3.63, 3.8) is 0 Å². The highest BCUT2D eigenvalue weighted by atomic mass is 35.5. The van der Waals surface area contributed by atoms with Crippen LogP contribution in [0.4, 0.5) is 5.82 Å². The van der Waals surface area contributed by atoms with Crippen LogP contribution in [0.25, 0.3) is 22.2 Å². The van der Waals surface area contributed by atoms with Crippen LogP contribution in [0.3, 0.4) is 0 Å². The van der Waals surface area contributed by atoms with E-state index >= 15 is 0 Å². The Kier molecular flexibility index (Phi) is 7.19. The molecular formula is C28H31ClN6O3. The molecule has 2 N–H and O–H groups in total. The molecule has 2 fully saturated rings. The molecule has 1 aromatic carbocycles. The molecule has 10 heteroatoms. The number of rotatable bonds is 5. The number of aromatic nitrogens is 3. The molecule has 3 aromatic rings. The molecule has 0 saturated carbocycles. The third kappa shape index (κ3) is 4.55. The molecule has 198 valence electrons. The Hall–Kier alpha value is -3.74. The van der Waals surface area contributed by atoms with Crippen LogP contribution in [0.15, 0.2) is 31.1 Å². The molecule has 0 radical (unpaired) electrons. The van der Waals surface area contributed by atoms with Crippen molar-refractivity contribution in [3.8, 4) is 34.5 Å². The van der Waals surface area contributed by atoms with E-state index in [1.54, 1.807) is 14.2 Å². The Morgan fingerprint density at radius 2 is 1.84 bits per heavy atom. The fourth-order valence-corrected chi connectivity index (χ4v) is 5.63. The highest BCUT2D eigenvalue weighted by molar-refractivity contribution is 6.33. The first kappa shape index (κ1) is 25.9. The van der Waals surface area contributed by atoms with Crippen molar-refractivity contribution < 1.29 is 14.3 Å². The number of fused-ring (bicyclic) bond motifs is 1. The van der Waals surface area contributed by atoms with E-state index in [1.807, 2.05) is 28.6 Å². The number of nitrogen functional groups attached to an aromatic ring is 1. The van der Waals surface area contributed by atoms with E-state index in [1.165, 1.54) is 12.4 Å². The average molecular weight is 535 g/mol. The van der Waals surface area contributed by atoms with Crippen LogP contribution in [0.5, 0.6) is 11.5 Å². The predicted octanol–water partition coefficient (Wildman–Crippen LogP) is 3.35. The minimum Gasteiger partial charge on any atom is -0.495 e. The van der Waals surface area contributed by atoms with Crippen LogP contribution in [0.2, 0.25) is 5.02 Å². The number of nitrogens with two attached hydrogens (primary N) is 1. The molecule has 0 aliphatic carbocycles. The third-order valence-electron chi connectivity index (χ3n) is 7.50. The second-order valence-electron chi connectivity index (χ2n) is 9.62. The van der Waals surface area contributed by atoms with Crippen molar-refractivity contribution in [2.45, 2.75) is 18.9 Å². The van der Waals surface area contributed by atoms with Crippen LogP contribution in [-0.2, 0) is 11.8 Å². The molecular weight excluding hydrogens is 504 g/mol. The number of carbonyl (C=O) groups excluding carboxylic acids is 1. The van der Waals surface area contributed by atoms with Crippen LogP contribution in [0.1, 0.15) is 18.5 Å². The van der Waals surface area contributed by atoms with Crippen LogP contribution in [-0.4, -0.2) is 76.7 Å². The first-order chi connectivity index (χ1) is 18.4. The Balaban J connectivity index is 1.43. The summed E-state index contributed by atoms with van der Waals surface area (Å²) in [6.07, 6.45) is 4.81. The number of nitrogens with zero attached hydrogens (tertiary/aromatic N) is 5. The van der Waals surface area contributed by atoms with Crippen LogP contribution in [0, 0.1) is 17.8 Å². The third-order valence-corrected chi connectivity index (χ3v) is 7.88. The normalized spacial score (nSPS) is 16.6. The smallest absolute Gasteiger partial charge is 0.245 e. The Morgan fingerprint density at radius 1 is 1.18 bits per heavy atom. The van der Waals surface area contributed by atoms with E-state index in [-0.39, 0.29) is 11.8 Å².